The number of carboxylic acids is 2. The average Bonchev–Trinajstić information content (AvgIpc) is 3.22. The van der Waals surface area contributed by atoms with Crippen LogP contribution in [0, 0.1) is 0 Å². The van der Waals surface area contributed by atoms with Crippen molar-refractivity contribution in [3.05, 3.63) is 131 Å². The maximum absolute atomic E-state index is 12.3. The van der Waals surface area contributed by atoms with Crippen LogP contribution in [-0.2, 0) is 22.4 Å². The third-order valence-electron chi connectivity index (χ3n) is 8.53. The summed E-state index contributed by atoms with van der Waals surface area (Å²) in [5.74, 6) is -1.13. The minimum absolute atomic E-state index is 0.0245. The molecular formula is C40H42N12O6. The van der Waals surface area contributed by atoms with E-state index in [-0.39, 0.29) is 60.3 Å². The predicted molar refractivity (Wildman–Crippen MR) is 218 cm³/mol. The van der Waals surface area contributed by atoms with Gasteiger partial charge in [-0.3, -0.25) is 0 Å². The van der Waals surface area contributed by atoms with E-state index in [0.717, 1.165) is 11.1 Å². The lowest BCUT2D eigenvalue weighted by Crippen LogP contribution is -2.24. The number of carboxylic acid groups (broad SMARTS) is 2. The molecule has 2 aromatic heterocycles. The second kappa shape index (κ2) is 19.7. The Labute approximate surface area is 332 Å². The molecule has 6 rings (SSSR count). The van der Waals surface area contributed by atoms with E-state index in [0.29, 0.717) is 37.1 Å². The molecule has 6 aromatic rings. The van der Waals surface area contributed by atoms with Gasteiger partial charge in [-0.1, -0.05) is 84.9 Å². The topological polar surface area (TPSA) is 265 Å². The lowest BCUT2D eigenvalue weighted by molar-refractivity contribution is -0.139. The number of aliphatic carboxylic acids is 2. The Hall–Kier alpha value is -7.76. The Morgan fingerprint density at radius 1 is 0.431 bits per heavy atom. The molecule has 298 valence electrons. The molecular weight excluding hydrogens is 745 g/mol. The van der Waals surface area contributed by atoms with E-state index in [4.69, 9.17) is 0 Å². The molecule has 58 heavy (non-hydrogen) atoms. The lowest BCUT2D eigenvalue weighted by Gasteiger charge is -2.17. The minimum Gasteiger partial charge on any atom is -0.508 e. The van der Waals surface area contributed by atoms with E-state index < -0.39 is 24.0 Å². The normalized spacial score (nSPS) is 11.8. The van der Waals surface area contributed by atoms with Gasteiger partial charge < -0.3 is 52.3 Å². The van der Waals surface area contributed by atoms with Crippen LogP contribution in [0.2, 0.25) is 0 Å². The molecule has 10 N–H and O–H groups in total. The Morgan fingerprint density at radius 2 is 0.741 bits per heavy atom. The van der Waals surface area contributed by atoms with E-state index in [2.05, 4.69) is 61.8 Å². The van der Waals surface area contributed by atoms with E-state index in [9.17, 15) is 30.0 Å². The van der Waals surface area contributed by atoms with Crippen molar-refractivity contribution < 1.29 is 30.0 Å². The zero-order valence-corrected chi connectivity index (χ0v) is 31.1. The Morgan fingerprint density at radius 3 is 1.07 bits per heavy atom. The molecule has 0 amide bonds. The van der Waals surface area contributed by atoms with Crippen LogP contribution in [0.5, 0.6) is 11.5 Å². The van der Waals surface area contributed by atoms with Gasteiger partial charge in [0.15, 0.2) is 12.1 Å². The number of rotatable bonds is 21. The number of aromatic nitrogens is 6. The second-order valence-electron chi connectivity index (χ2n) is 12.8. The number of nitrogens with one attached hydrogen (secondary N) is 6. The number of phenols is 2. The average molecular weight is 787 g/mol. The highest BCUT2D eigenvalue weighted by Gasteiger charge is 2.23. The SMILES string of the molecule is O=C(O)C(Nc1nc(NCCNc2nc(NCCc3ccc(O)cc3)nc(N[C@@H](C(=O)O)c3ccccc3)n2)nc(NCCc2ccc(O)cc2)n1)c1ccccc1. The highest BCUT2D eigenvalue weighted by Crippen LogP contribution is 2.22. The monoisotopic (exact) mass is 786 g/mol. The number of anilines is 6. The lowest BCUT2D eigenvalue weighted by atomic mass is 10.1. The summed E-state index contributed by atoms with van der Waals surface area (Å²) < 4.78 is 0. The van der Waals surface area contributed by atoms with Gasteiger partial charge in [0.2, 0.25) is 35.7 Å². The molecule has 0 saturated heterocycles. The molecule has 4 aromatic carbocycles. The smallest absolute Gasteiger partial charge is 0.330 e. The zero-order chi connectivity index (χ0) is 40.7. The van der Waals surface area contributed by atoms with Gasteiger partial charge in [-0.05, 0) is 59.4 Å². The number of hydrogen-bond donors (Lipinski definition) is 10. The Bertz CT molecular complexity index is 2090. The van der Waals surface area contributed by atoms with Gasteiger partial charge >= 0.3 is 11.9 Å². The number of hydrogen-bond acceptors (Lipinski definition) is 16. The van der Waals surface area contributed by atoms with Crippen LogP contribution in [0.15, 0.2) is 109 Å². The van der Waals surface area contributed by atoms with Crippen LogP contribution >= 0.6 is 0 Å². The first-order valence-corrected chi connectivity index (χ1v) is 18.3. The molecule has 0 saturated carbocycles. The molecule has 1 unspecified atom stereocenters. The van der Waals surface area contributed by atoms with Crippen LogP contribution in [0.1, 0.15) is 34.3 Å². The summed E-state index contributed by atoms with van der Waals surface area (Å²) in [4.78, 5) is 51.2. The van der Waals surface area contributed by atoms with Gasteiger partial charge in [0, 0.05) is 26.2 Å². The van der Waals surface area contributed by atoms with E-state index in [1.54, 1.807) is 84.9 Å². The summed E-state index contributed by atoms with van der Waals surface area (Å²) >= 11 is 0. The summed E-state index contributed by atoms with van der Waals surface area (Å²) in [6, 6.07) is 28.7. The van der Waals surface area contributed by atoms with Gasteiger partial charge in [0.25, 0.3) is 0 Å². The van der Waals surface area contributed by atoms with E-state index >= 15 is 0 Å². The number of phenolic OH excluding ortho intramolecular Hbond substituents is 2. The number of nitrogens with zero attached hydrogens (tertiary/aromatic N) is 6. The zero-order valence-electron chi connectivity index (χ0n) is 31.1. The molecule has 18 heteroatoms. The molecule has 0 spiro atoms. The van der Waals surface area contributed by atoms with Gasteiger partial charge in [0.1, 0.15) is 11.5 Å². The van der Waals surface area contributed by atoms with Crippen LogP contribution < -0.4 is 31.9 Å². The van der Waals surface area contributed by atoms with Gasteiger partial charge in [0.05, 0.1) is 0 Å². The predicted octanol–water partition coefficient (Wildman–Crippen LogP) is 4.78. The highest BCUT2D eigenvalue weighted by molar-refractivity contribution is 5.79. The largest absolute Gasteiger partial charge is 0.508 e. The molecule has 0 aliphatic heterocycles. The fourth-order valence-corrected chi connectivity index (χ4v) is 5.63. The molecule has 0 aliphatic rings. The fourth-order valence-electron chi connectivity index (χ4n) is 5.63. The van der Waals surface area contributed by atoms with Crippen LogP contribution in [0.3, 0.4) is 0 Å². The number of aromatic hydroxyl groups is 2. The fraction of sp³-hybridized carbons (Fsp3) is 0.200. The Balaban J connectivity index is 1.16. The van der Waals surface area contributed by atoms with E-state index in [1.807, 2.05) is 24.3 Å². The molecule has 0 fully saturated rings. The van der Waals surface area contributed by atoms with Crippen molar-refractivity contribution in [3.8, 4) is 11.5 Å². The molecule has 18 nitrogen and oxygen atoms in total. The highest BCUT2D eigenvalue weighted by atomic mass is 16.4. The molecule has 0 aliphatic carbocycles. The van der Waals surface area contributed by atoms with Crippen molar-refractivity contribution in [3.63, 3.8) is 0 Å². The van der Waals surface area contributed by atoms with Crippen molar-refractivity contribution in [2.24, 2.45) is 0 Å². The Kier molecular flexibility index (Phi) is 13.6. The number of carbonyl (C=O) groups is 2. The van der Waals surface area contributed by atoms with Crippen LogP contribution in [-0.4, -0.2) is 88.4 Å². The number of benzene rings is 4. The third-order valence-corrected chi connectivity index (χ3v) is 8.53. The minimum atomic E-state index is -1.14. The van der Waals surface area contributed by atoms with Crippen molar-refractivity contribution in [1.82, 2.24) is 29.9 Å². The second-order valence-corrected chi connectivity index (χ2v) is 12.8. The van der Waals surface area contributed by atoms with Crippen LogP contribution in [0.25, 0.3) is 0 Å². The van der Waals surface area contributed by atoms with Crippen molar-refractivity contribution >= 4 is 47.6 Å². The van der Waals surface area contributed by atoms with Crippen molar-refractivity contribution in [2.45, 2.75) is 24.9 Å². The molecule has 2 atom stereocenters. The van der Waals surface area contributed by atoms with Crippen molar-refractivity contribution in [2.75, 3.05) is 58.1 Å². The third kappa shape index (κ3) is 11.9. The van der Waals surface area contributed by atoms with Gasteiger partial charge in [-0.2, -0.15) is 29.9 Å². The first-order chi connectivity index (χ1) is 28.2. The van der Waals surface area contributed by atoms with Crippen LogP contribution in [0.4, 0.5) is 35.7 Å². The summed E-state index contributed by atoms with van der Waals surface area (Å²) in [6.07, 6.45) is 1.19. The van der Waals surface area contributed by atoms with Crippen molar-refractivity contribution in [1.29, 1.82) is 0 Å². The van der Waals surface area contributed by atoms with E-state index in [1.165, 1.54) is 0 Å². The molecule has 2 heterocycles. The first kappa shape index (κ1) is 39.9. The van der Waals surface area contributed by atoms with Gasteiger partial charge in [-0.15, -0.1) is 0 Å². The quantitative estimate of drug-likeness (QED) is 0.0440. The maximum Gasteiger partial charge on any atom is 0.330 e. The first-order valence-electron chi connectivity index (χ1n) is 18.3. The summed E-state index contributed by atoms with van der Waals surface area (Å²) in [5, 5.41) is 57.7. The summed E-state index contributed by atoms with van der Waals surface area (Å²) in [7, 11) is 0. The van der Waals surface area contributed by atoms with Gasteiger partial charge in [-0.25, -0.2) is 9.59 Å². The molecule has 0 radical (unpaired) electrons. The molecule has 0 bridgehead atoms. The standard InChI is InChI=1S/C40H42N12O6/c53-29-15-11-25(12-16-29)19-21-41-35-47-37(51-39(49-35)45-31(33(55)56)27-7-3-1-4-8-27)43-23-24-44-38-48-36(42-22-20-26-13-17-30(54)18-14-26)50-40(52-38)46-32(34(57)58)28-9-5-2-6-10-28/h1-18,31-32,53-54H,19-24H2,(H,55,56)(H,57,58)(H3,41,43,45,47,49,51)(H3,42,44,46,48,50,52)/t31-,32?/m1/s1. The maximum atomic E-state index is 12.3. The summed E-state index contributed by atoms with van der Waals surface area (Å²) in [6.45, 7) is 1.36. The summed E-state index contributed by atoms with van der Waals surface area (Å²) in [5.41, 5.74) is 2.97.